The van der Waals surface area contributed by atoms with Crippen LogP contribution in [0.4, 0.5) is 0 Å². The Bertz CT molecular complexity index is 527. The van der Waals surface area contributed by atoms with Gasteiger partial charge >= 0.3 is 5.97 Å². The zero-order valence-electron chi connectivity index (χ0n) is 10.3. The largest absolute Gasteiger partial charge is 0.481 e. The van der Waals surface area contributed by atoms with Crippen LogP contribution in [-0.2, 0) is 9.59 Å². The van der Waals surface area contributed by atoms with Crippen LogP contribution in [0.25, 0.3) is 6.08 Å². The second-order valence-electron chi connectivity index (χ2n) is 4.46. The summed E-state index contributed by atoms with van der Waals surface area (Å²) in [7, 11) is 0. The molecule has 0 bridgehead atoms. The molecular formula is C14H14BrNO3. The molecule has 0 aliphatic carbocycles. The summed E-state index contributed by atoms with van der Waals surface area (Å²) < 4.78 is 0.920. The summed E-state index contributed by atoms with van der Waals surface area (Å²) >= 11 is 3.40. The van der Waals surface area contributed by atoms with E-state index in [0.717, 1.165) is 10.0 Å². The van der Waals surface area contributed by atoms with E-state index in [1.54, 1.807) is 11.0 Å². The molecule has 2 rings (SSSR count). The fourth-order valence-corrected chi connectivity index (χ4v) is 2.46. The fourth-order valence-electron chi connectivity index (χ4n) is 2.04. The zero-order valence-corrected chi connectivity index (χ0v) is 11.8. The van der Waals surface area contributed by atoms with Crippen LogP contribution in [0.15, 0.2) is 34.8 Å². The van der Waals surface area contributed by atoms with Gasteiger partial charge in [0.05, 0.1) is 5.92 Å². The first-order valence-corrected chi connectivity index (χ1v) is 6.81. The second kappa shape index (κ2) is 6.02. The van der Waals surface area contributed by atoms with Gasteiger partial charge in [0, 0.05) is 23.6 Å². The highest BCUT2D eigenvalue weighted by Crippen LogP contribution is 2.19. The summed E-state index contributed by atoms with van der Waals surface area (Å²) in [6, 6.07) is 7.60. The molecule has 1 fully saturated rings. The number of carbonyl (C=O) groups excluding carboxylic acids is 1. The Hall–Kier alpha value is -1.62. The molecule has 1 aromatic rings. The van der Waals surface area contributed by atoms with E-state index < -0.39 is 11.9 Å². The van der Waals surface area contributed by atoms with Crippen molar-refractivity contribution in [3.05, 3.63) is 40.4 Å². The Labute approximate surface area is 119 Å². The van der Waals surface area contributed by atoms with Crippen LogP contribution in [-0.4, -0.2) is 35.0 Å². The van der Waals surface area contributed by atoms with Crippen LogP contribution in [0.3, 0.4) is 0 Å². The molecule has 1 unspecified atom stereocenters. The summed E-state index contributed by atoms with van der Waals surface area (Å²) in [6.45, 7) is 0.810. The average molecular weight is 324 g/mol. The van der Waals surface area contributed by atoms with Crippen molar-refractivity contribution in [3.8, 4) is 0 Å². The minimum Gasteiger partial charge on any atom is -0.481 e. The number of halogens is 1. The van der Waals surface area contributed by atoms with Gasteiger partial charge in [-0.15, -0.1) is 0 Å². The number of amides is 1. The minimum atomic E-state index is -0.829. The summed E-state index contributed by atoms with van der Waals surface area (Å²) in [6.07, 6.45) is 3.76. The van der Waals surface area contributed by atoms with Crippen molar-refractivity contribution >= 4 is 33.9 Å². The normalized spacial score (nSPS) is 19.0. The van der Waals surface area contributed by atoms with Gasteiger partial charge in [0.15, 0.2) is 0 Å². The van der Waals surface area contributed by atoms with Crippen LogP contribution in [0, 0.1) is 5.92 Å². The van der Waals surface area contributed by atoms with E-state index in [1.807, 2.05) is 24.3 Å². The van der Waals surface area contributed by atoms with Crippen molar-refractivity contribution in [3.63, 3.8) is 0 Å². The number of hydrogen-bond donors (Lipinski definition) is 1. The maximum atomic E-state index is 11.9. The molecule has 0 aromatic heterocycles. The average Bonchev–Trinajstić information content (AvgIpc) is 2.87. The number of rotatable bonds is 3. The summed E-state index contributed by atoms with van der Waals surface area (Å²) in [5, 5.41) is 8.89. The van der Waals surface area contributed by atoms with Crippen molar-refractivity contribution in [2.24, 2.45) is 5.92 Å². The van der Waals surface area contributed by atoms with E-state index >= 15 is 0 Å². The number of carboxylic acids is 1. The van der Waals surface area contributed by atoms with Crippen molar-refractivity contribution in [1.29, 1.82) is 0 Å². The van der Waals surface area contributed by atoms with E-state index in [2.05, 4.69) is 15.9 Å². The Morgan fingerprint density at radius 3 is 2.74 bits per heavy atom. The van der Waals surface area contributed by atoms with Gasteiger partial charge in [-0.2, -0.15) is 0 Å². The lowest BCUT2D eigenvalue weighted by atomic mass is 10.1. The smallest absolute Gasteiger partial charge is 0.308 e. The number of aliphatic carboxylic acids is 1. The van der Waals surface area contributed by atoms with E-state index in [9.17, 15) is 9.59 Å². The molecule has 0 saturated carbocycles. The molecule has 100 valence electrons. The minimum absolute atomic E-state index is 0.139. The lowest BCUT2D eigenvalue weighted by Crippen LogP contribution is -2.28. The van der Waals surface area contributed by atoms with E-state index in [0.29, 0.717) is 19.5 Å². The van der Waals surface area contributed by atoms with Gasteiger partial charge < -0.3 is 10.0 Å². The highest BCUT2D eigenvalue weighted by molar-refractivity contribution is 9.10. The molecule has 1 heterocycles. The summed E-state index contributed by atoms with van der Waals surface area (Å²) in [4.78, 5) is 24.3. The molecule has 0 radical (unpaired) electrons. The zero-order chi connectivity index (χ0) is 13.8. The molecular weight excluding hydrogens is 310 g/mol. The first-order valence-electron chi connectivity index (χ1n) is 6.02. The molecule has 0 spiro atoms. The summed E-state index contributed by atoms with van der Waals surface area (Å²) in [5.74, 6) is -1.40. The van der Waals surface area contributed by atoms with Crippen molar-refractivity contribution in [2.45, 2.75) is 6.42 Å². The Morgan fingerprint density at radius 2 is 2.11 bits per heavy atom. The van der Waals surface area contributed by atoms with Gasteiger partial charge in [-0.25, -0.2) is 0 Å². The monoisotopic (exact) mass is 323 g/mol. The van der Waals surface area contributed by atoms with Crippen LogP contribution < -0.4 is 0 Å². The topological polar surface area (TPSA) is 57.6 Å². The number of carboxylic acid groups (broad SMARTS) is 1. The maximum absolute atomic E-state index is 11.9. The first-order chi connectivity index (χ1) is 9.08. The van der Waals surface area contributed by atoms with Gasteiger partial charge in [-0.3, -0.25) is 9.59 Å². The predicted molar refractivity (Wildman–Crippen MR) is 75.5 cm³/mol. The quantitative estimate of drug-likeness (QED) is 0.869. The van der Waals surface area contributed by atoms with Gasteiger partial charge in [-0.05, 0) is 24.1 Å². The van der Waals surface area contributed by atoms with E-state index in [1.165, 1.54) is 6.08 Å². The third-order valence-corrected chi connectivity index (χ3v) is 3.88. The summed E-state index contributed by atoms with van der Waals surface area (Å²) in [5.41, 5.74) is 0.921. The van der Waals surface area contributed by atoms with Crippen molar-refractivity contribution in [1.82, 2.24) is 4.90 Å². The van der Waals surface area contributed by atoms with Crippen molar-refractivity contribution < 1.29 is 14.7 Å². The van der Waals surface area contributed by atoms with Gasteiger partial charge in [0.1, 0.15) is 0 Å². The third-order valence-electron chi connectivity index (χ3n) is 3.16. The lowest BCUT2D eigenvalue weighted by Gasteiger charge is -2.12. The highest BCUT2D eigenvalue weighted by atomic mass is 79.9. The molecule has 1 N–H and O–H groups in total. The first kappa shape index (κ1) is 13.8. The molecule has 1 aromatic carbocycles. The standard InChI is InChI=1S/C14H14BrNO3/c15-12-4-2-1-3-10(12)5-6-13(17)16-8-7-11(9-16)14(18)19/h1-6,11H,7-9H2,(H,18,19). The van der Waals surface area contributed by atoms with Gasteiger partial charge in [0.2, 0.25) is 5.91 Å². The second-order valence-corrected chi connectivity index (χ2v) is 5.32. The van der Waals surface area contributed by atoms with Gasteiger partial charge in [0.25, 0.3) is 0 Å². The number of benzene rings is 1. The van der Waals surface area contributed by atoms with Crippen molar-refractivity contribution in [2.75, 3.05) is 13.1 Å². The van der Waals surface area contributed by atoms with Crippen LogP contribution in [0.1, 0.15) is 12.0 Å². The molecule has 5 heteroatoms. The van der Waals surface area contributed by atoms with E-state index in [4.69, 9.17) is 5.11 Å². The number of nitrogens with zero attached hydrogens (tertiary/aromatic N) is 1. The Balaban J connectivity index is 1.99. The number of hydrogen-bond acceptors (Lipinski definition) is 2. The number of likely N-dealkylation sites (tertiary alicyclic amines) is 1. The maximum Gasteiger partial charge on any atom is 0.308 e. The number of carbonyl (C=O) groups is 2. The van der Waals surface area contributed by atoms with Gasteiger partial charge in [-0.1, -0.05) is 34.1 Å². The van der Waals surface area contributed by atoms with E-state index in [-0.39, 0.29) is 5.91 Å². The third kappa shape index (κ3) is 3.44. The molecule has 1 aliphatic heterocycles. The highest BCUT2D eigenvalue weighted by Gasteiger charge is 2.29. The fraction of sp³-hybridized carbons (Fsp3) is 0.286. The molecule has 4 nitrogen and oxygen atoms in total. The van der Waals surface area contributed by atoms with Crippen LogP contribution >= 0.6 is 15.9 Å². The molecule has 1 amide bonds. The lowest BCUT2D eigenvalue weighted by molar-refractivity contribution is -0.141. The predicted octanol–water partition coefficient (Wildman–Crippen LogP) is 2.40. The SMILES string of the molecule is O=C(O)C1CCN(C(=O)C=Cc2ccccc2Br)C1. The Kier molecular flexibility index (Phi) is 4.37. The molecule has 1 aliphatic rings. The Morgan fingerprint density at radius 1 is 1.37 bits per heavy atom. The molecule has 1 atom stereocenters. The van der Waals surface area contributed by atoms with Crippen LogP contribution in [0.5, 0.6) is 0 Å². The van der Waals surface area contributed by atoms with Crippen LogP contribution in [0.2, 0.25) is 0 Å². The molecule has 19 heavy (non-hydrogen) atoms. The molecule has 1 saturated heterocycles.